The molecule has 2 heterocycles. The number of aromatic hydroxyl groups is 1. The number of hydrogen-bond acceptors (Lipinski definition) is 8. The zero-order valence-electron chi connectivity index (χ0n) is 30.8. The number of fused-ring (bicyclic) bond motifs is 5. The Labute approximate surface area is 316 Å². The van der Waals surface area contributed by atoms with Gasteiger partial charge >= 0.3 is 6.03 Å². The molecule has 0 radical (unpaired) electrons. The first-order valence-corrected chi connectivity index (χ1v) is 20.0. The Bertz CT molecular complexity index is 1710. The second-order valence-electron chi connectivity index (χ2n) is 15.7. The number of urea groups is 1. The number of anilines is 2. The highest BCUT2D eigenvalue weighted by Gasteiger charge is 2.55. The van der Waals surface area contributed by atoms with Crippen LogP contribution in [0.1, 0.15) is 86.6 Å². The number of hydrogen-bond donors (Lipinski definition) is 3. The average Bonchev–Trinajstić information content (AvgIpc) is 3.47. The minimum absolute atomic E-state index is 0.0542. The smallest absolute Gasteiger partial charge is 0.325 e. The van der Waals surface area contributed by atoms with Crippen molar-refractivity contribution in [1.82, 2.24) is 14.9 Å². The quantitative estimate of drug-likeness (QED) is 0.157. The average molecular weight is 777 g/mol. The van der Waals surface area contributed by atoms with Gasteiger partial charge in [-0.2, -0.15) is 0 Å². The number of carbonyl (C=O) groups excluding carboxylic acids is 1. The van der Waals surface area contributed by atoms with E-state index in [1.54, 1.807) is 6.20 Å². The Balaban J connectivity index is 0.824. The second-order valence-corrected chi connectivity index (χ2v) is 16.5. The lowest BCUT2D eigenvalue weighted by Crippen LogP contribution is -2.45. The van der Waals surface area contributed by atoms with Crippen LogP contribution in [0.4, 0.5) is 16.3 Å². The molecule has 2 amide bonds. The van der Waals surface area contributed by atoms with E-state index in [9.17, 15) is 9.90 Å². The molecule has 4 aliphatic rings. The van der Waals surface area contributed by atoms with Gasteiger partial charge in [0.15, 0.2) is 5.82 Å². The highest BCUT2D eigenvalue weighted by molar-refractivity contribution is 9.10. The van der Waals surface area contributed by atoms with Crippen molar-refractivity contribution >= 4 is 33.5 Å². The molecule has 7 rings (SSSR count). The number of phenolic OH excluding ortho intramolecular Hbond substituents is 1. The number of amides is 2. The second kappa shape index (κ2) is 16.4. The zero-order valence-corrected chi connectivity index (χ0v) is 32.4. The van der Waals surface area contributed by atoms with Crippen LogP contribution in [0.3, 0.4) is 0 Å². The fraction of sp³-hybridized carbons (Fsp3) is 0.585. The molecular formula is C41H54BrN5O5. The van der Waals surface area contributed by atoms with Crippen molar-refractivity contribution in [3.05, 3.63) is 69.6 Å². The van der Waals surface area contributed by atoms with Crippen LogP contribution in [0.25, 0.3) is 0 Å². The summed E-state index contributed by atoms with van der Waals surface area (Å²) in [6.07, 6.45) is 14.1. The lowest BCUT2D eigenvalue weighted by molar-refractivity contribution is -0.0651. The third kappa shape index (κ3) is 8.43. The van der Waals surface area contributed by atoms with Crippen molar-refractivity contribution in [2.75, 3.05) is 50.1 Å². The highest BCUT2D eigenvalue weighted by Crippen LogP contribution is 2.61. The number of carbonyl (C=O) groups is 1. The van der Waals surface area contributed by atoms with Gasteiger partial charge in [0.1, 0.15) is 24.2 Å². The van der Waals surface area contributed by atoms with E-state index in [1.807, 2.05) is 38.1 Å². The molecule has 2 saturated carbocycles. The number of nitrogens with zero attached hydrogens (tertiary/aromatic N) is 3. The van der Waals surface area contributed by atoms with Gasteiger partial charge in [-0.3, -0.25) is 15.2 Å². The van der Waals surface area contributed by atoms with Gasteiger partial charge in [0.25, 0.3) is 0 Å². The van der Waals surface area contributed by atoms with E-state index in [-0.39, 0.29) is 11.5 Å². The molecule has 0 spiro atoms. The molecule has 3 N–H and O–H groups in total. The molecule has 0 bridgehead atoms. The lowest BCUT2D eigenvalue weighted by Gasteiger charge is -2.50. The zero-order chi connectivity index (χ0) is 36.2. The molecule has 280 valence electrons. The first-order chi connectivity index (χ1) is 25.2. The number of nitrogens with one attached hydrogen (secondary N) is 2. The summed E-state index contributed by atoms with van der Waals surface area (Å²) >= 11 is 3.58. The number of aryl methyl sites for hydroxylation is 3. The van der Waals surface area contributed by atoms with Crippen molar-refractivity contribution in [3.63, 3.8) is 0 Å². The normalized spacial score (nSPS) is 27.0. The van der Waals surface area contributed by atoms with Crippen LogP contribution in [0.15, 0.2) is 47.2 Å². The van der Waals surface area contributed by atoms with Crippen molar-refractivity contribution in [2.45, 2.75) is 96.7 Å². The van der Waals surface area contributed by atoms with E-state index >= 15 is 0 Å². The van der Waals surface area contributed by atoms with E-state index in [2.05, 4.69) is 54.4 Å². The standard InChI is InChI=1S/C41H54BrN5O5/c1-26-19-37(36(21-35(26)42)45-40(49)46-39-23-43-27(2)22-44-39)52-25-30-24-47(16-18-50-30)15-5-4-6-17-51-38-12-11-34-33-9-7-28-20-29(48)8-10-31(28)32(33)13-14-41(34,38)3/h8,10,19-23,30,32-34,38,48H,4-7,9,11-18,24-25H2,1-3H3,(H2,44,45,46,49)/t30-,32+,33+,34-,38-,41-/m0/s1. The molecule has 1 aliphatic heterocycles. The number of aromatic nitrogens is 2. The van der Waals surface area contributed by atoms with Gasteiger partial charge in [-0.15, -0.1) is 0 Å². The summed E-state index contributed by atoms with van der Waals surface area (Å²) in [6, 6.07) is 9.43. The fourth-order valence-corrected chi connectivity index (χ4v) is 9.84. The van der Waals surface area contributed by atoms with Gasteiger partial charge in [0, 0.05) is 24.2 Å². The first-order valence-electron chi connectivity index (χ1n) is 19.2. The number of halogens is 1. The highest BCUT2D eigenvalue weighted by atomic mass is 79.9. The van der Waals surface area contributed by atoms with Crippen molar-refractivity contribution in [1.29, 1.82) is 0 Å². The van der Waals surface area contributed by atoms with Crippen LogP contribution in [0.2, 0.25) is 0 Å². The maximum Gasteiger partial charge on any atom is 0.325 e. The Morgan fingerprint density at radius 1 is 1.08 bits per heavy atom. The maximum absolute atomic E-state index is 12.7. The summed E-state index contributed by atoms with van der Waals surface area (Å²) < 4.78 is 19.9. The Kier molecular flexibility index (Phi) is 11.7. The first kappa shape index (κ1) is 37.1. The van der Waals surface area contributed by atoms with Gasteiger partial charge in [0.05, 0.1) is 36.5 Å². The number of phenols is 1. The molecule has 0 unspecified atom stereocenters. The summed E-state index contributed by atoms with van der Waals surface area (Å²) in [5.74, 6) is 3.50. The number of morpholine rings is 1. The Morgan fingerprint density at radius 2 is 1.96 bits per heavy atom. The van der Waals surface area contributed by atoms with Gasteiger partial charge < -0.3 is 24.6 Å². The molecule has 3 fully saturated rings. The summed E-state index contributed by atoms with van der Waals surface area (Å²) in [6.45, 7) is 11.1. The van der Waals surface area contributed by atoms with E-state index in [1.165, 1.54) is 49.4 Å². The van der Waals surface area contributed by atoms with E-state index < -0.39 is 6.03 Å². The largest absolute Gasteiger partial charge is 0.508 e. The lowest BCUT2D eigenvalue weighted by atomic mass is 9.55. The summed E-state index contributed by atoms with van der Waals surface area (Å²) in [5, 5.41) is 15.6. The van der Waals surface area contributed by atoms with Gasteiger partial charge in [-0.25, -0.2) is 9.78 Å². The molecule has 3 aromatic rings. The van der Waals surface area contributed by atoms with Crippen LogP contribution < -0.4 is 15.4 Å². The topological polar surface area (TPSA) is 118 Å². The molecule has 1 aromatic heterocycles. The fourth-order valence-electron chi connectivity index (χ4n) is 9.50. The molecule has 52 heavy (non-hydrogen) atoms. The van der Waals surface area contributed by atoms with Gasteiger partial charge in [-0.1, -0.05) is 28.9 Å². The number of rotatable bonds is 12. The molecular weight excluding hydrogens is 722 g/mol. The van der Waals surface area contributed by atoms with Gasteiger partial charge in [-0.05, 0) is 142 Å². The van der Waals surface area contributed by atoms with Crippen LogP contribution in [0.5, 0.6) is 11.5 Å². The molecule has 3 aliphatic carbocycles. The molecule has 1 saturated heterocycles. The molecule has 2 aromatic carbocycles. The number of unbranched alkanes of at least 4 members (excludes halogenated alkanes) is 2. The summed E-state index contributed by atoms with van der Waals surface area (Å²) in [7, 11) is 0. The van der Waals surface area contributed by atoms with E-state index in [0.29, 0.717) is 48.2 Å². The third-order valence-corrected chi connectivity index (χ3v) is 13.1. The minimum atomic E-state index is -0.424. The van der Waals surface area contributed by atoms with Crippen LogP contribution in [-0.4, -0.2) is 77.7 Å². The van der Waals surface area contributed by atoms with Gasteiger partial charge in [0.2, 0.25) is 0 Å². The molecule has 6 atom stereocenters. The van der Waals surface area contributed by atoms with Crippen molar-refractivity contribution in [3.8, 4) is 11.5 Å². The van der Waals surface area contributed by atoms with E-state index in [0.717, 1.165) is 79.5 Å². The van der Waals surface area contributed by atoms with Crippen LogP contribution in [0, 0.1) is 31.1 Å². The number of benzene rings is 2. The predicted octanol–water partition coefficient (Wildman–Crippen LogP) is 8.40. The predicted molar refractivity (Wildman–Crippen MR) is 206 cm³/mol. The van der Waals surface area contributed by atoms with Crippen molar-refractivity contribution in [2.24, 2.45) is 17.3 Å². The summed E-state index contributed by atoms with van der Waals surface area (Å²) in [4.78, 5) is 23.6. The SMILES string of the molecule is Cc1cnc(NC(=O)Nc2cc(Br)c(C)cc2OC[C@@H]2CN(CCCCCO[C@H]3CC[C@H]4[C@@H]5CCc6cc(O)ccc6[C@H]5CC[C@]34C)CCO2)cn1. The number of ether oxygens (including phenoxy) is 3. The summed E-state index contributed by atoms with van der Waals surface area (Å²) in [5.41, 5.74) is 5.49. The minimum Gasteiger partial charge on any atom is -0.508 e. The van der Waals surface area contributed by atoms with E-state index in [4.69, 9.17) is 14.2 Å². The van der Waals surface area contributed by atoms with Crippen molar-refractivity contribution < 1.29 is 24.1 Å². The molecule has 11 heteroatoms. The Morgan fingerprint density at radius 3 is 2.81 bits per heavy atom. The van der Waals surface area contributed by atoms with Crippen LogP contribution >= 0.6 is 15.9 Å². The van der Waals surface area contributed by atoms with Crippen LogP contribution in [-0.2, 0) is 15.9 Å². The molecule has 10 nitrogen and oxygen atoms in total. The Hall–Kier alpha value is -3.25. The maximum atomic E-state index is 12.7. The monoisotopic (exact) mass is 775 g/mol. The third-order valence-electron chi connectivity index (χ3n) is 12.2.